The third kappa shape index (κ3) is 3.68. The summed E-state index contributed by atoms with van der Waals surface area (Å²) in [5, 5.41) is 8.94. The summed E-state index contributed by atoms with van der Waals surface area (Å²) in [7, 11) is -2.39. The number of carbonyl (C=O) groups is 1. The van der Waals surface area contributed by atoms with Crippen LogP contribution >= 0.6 is 11.3 Å². The molecule has 1 heterocycles. The van der Waals surface area contributed by atoms with E-state index in [4.69, 9.17) is 5.11 Å². The molecule has 20 heavy (non-hydrogen) atoms. The predicted molar refractivity (Wildman–Crippen MR) is 76.2 cm³/mol. The summed E-state index contributed by atoms with van der Waals surface area (Å²) in [5.74, 6) is -1.03. The van der Waals surface area contributed by atoms with E-state index in [1.54, 1.807) is 0 Å². The van der Waals surface area contributed by atoms with Crippen LogP contribution in [-0.4, -0.2) is 42.4 Å². The van der Waals surface area contributed by atoms with Crippen LogP contribution in [0.2, 0.25) is 0 Å². The Kier molecular flexibility index (Phi) is 4.61. The second kappa shape index (κ2) is 6.06. The largest absolute Gasteiger partial charge is 0.481 e. The molecule has 0 saturated heterocycles. The SMILES string of the molecule is CN(CCC(=O)O)S(=O)(=O)Nc1nc2c(s1)CCCC2. The molecule has 0 atom stereocenters. The predicted octanol–water partition coefficient (Wildman–Crippen LogP) is 1.09. The average Bonchev–Trinajstić information content (AvgIpc) is 2.76. The van der Waals surface area contributed by atoms with Gasteiger partial charge in [-0.15, -0.1) is 11.3 Å². The van der Waals surface area contributed by atoms with Gasteiger partial charge in [-0.3, -0.25) is 4.79 Å². The zero-order chi connectivity index (χ0) is 14.8. The number of fused-ring (bicyclic) bond motifs is 1. The van der Waals surface area contributed by atoms with Crippen LogP contribution in [0, 0.1) is 0 Å². The fourth-order valence-electron chi connectivity index (χ4n) is 1.96. The Hall–Kier alpha value is -1.19. The number of hydrogen-bond acceptors (Lipinski definition) is 5. The fourth-order valence-corrected chi connectivity index (χ4v) is 4.09. The summed E-state index contributed by atoms with van der Waals surface area (Å²) in [6, 6.07) is 0. The van der Waals surface area contributed by atoms with E-state index in [2.05, 4.69) is 9.71 Å². The number of aryl methyl sites for hydroxylation is 2. The molecule has 0 unspecified atom stereocenters. The number of aromatic nitrogens is 1. The fraction of sp³-hybridized carbons (Fsp3) is 0.636. The Balaban J connectivity index is 2.04. The van der Waals surface area contributed by atoms with E-state index >= 15 is 0 Å². The van der Waals surface area contributed by atoms with Crippen molar-refractivity contribution in [3.8, 4) is 0 Å². The summed E-state index contributed by atoms with van der Waals surface area (Å²) in [6.07, 6.45) is 3.80. The van der Waals surface area contributed by atoms with E-state index in [9.17, 15) is 13.2 Å². The van der Waals surface area contributed by atoms with Crippen LogP contribution < -0.4 is 4.72 Å². The van der Waals surface area contributed by atoms with E-state index in [-0.39, 0.29) is 13.0 Å². The highest BCUT2D eigenvalue weighted by molar-refractivity contribution is 7.90. The molecule has 0 bridgehead atoms. The van der Waals surface area contributed by atoms with Gasteiger partial charge in [0.25, 0.3) is 0 Å². The molecule has 7 nitrogen and oxygen atoms in total. The highest BCUT2D eigenvalue weighted by Crippen LogP contribution is 2.30. The van der Waals surface area contributed by atoms with E-state index < -0.39 is 16.2 Å². The maximum Gasteiger partial charge on any atom is 0.304 e. The number of thiazole rings is 1. The van der Waals surface area contributed by atoms with Crippen LogP contribution in [0.5, 0.6) is 0 Å². The quantitative estimate of drug-likeness (QED) is 0.817. The van der Waals surface area contributed by atoms with Gasteiger partial charge >= 0.3 is 16.2 Å². The lowest BCUT2D eigenvalue weighted by Crippen LogP contribution is -2.34. The maximum atomic E-state index is 12.0. The Morgan fingerprint density at radius 1 is 1.45 bits per heavy atom. The standard InChI is InChI=1S/C11H17N3O4S2/c1-14(7-6-10(15)16)20(17,18)13-11-12-8-4-2-3-5-9(8)19-11/h2-7H2,1H3,(H,12,13)(H,15,16). The number of carboxylic acid groups (broad SMARTS) is 1. The molecule has 0 aromatic carbocycles. The number of anilines is 1. The number of rotatable bonds is 6. The minimum absolute atomic E-state index is 0.0737. The van der Waals surface area contributed by atoms with E-state index in [0.29, 0.717) is 5.13 Å². The first kappa shape index (κ1) is 15.2. The molecule has 1 aromatic heterocycles. The van der Waals surface area contributed by atoms with Gasteiger partial charge in [0.05, 0.1) is 12.1 Å². The number of aliphatic carboxylic acids is 1. The van der Waals surface area contributed by atoms with E-state index in [1.165, 1.54) is 18.4 Å². The lowest BCUT2D eigenvalue weighted by molar-refractivity contribution is -0.137. The van der Waals surface area contributed by atoms with Gasteiger partial charge < -0.3 is 5.11 Å². The Bertz CT molecular complexity index is 573. The zero-order valence-corrected chi connectivity index (χ0v) is 12.8. The van der Waals surface area contributed by atoms with Crippen LogP contribution in [-0.2, 0) is 27.8 Å². The van der Waals surface area contributed by atoms with Crippen molar-refractivity contribution in [2.24, 2.45) is 0 Å². The monoisotopic (exact) mass is 319 g/mol. The van der Waals surface area contributed by atoms with Gasteiger partial charge in [-0.05, 0) is 25.7 Å². The highest BCUT2D eigenvalue weighted by atomic mass is 32.2. The molecule has 2 N–H and O–H groups in total. The molecule has 2 rings (SSSR count). The number of hydrogen-bond donors (Lipinski definition) is 2. The second-order valence-corrected chi connectivity index (χ2v) is 7.53. The van der Waals surface area contributed by atoms with Crippen molar-refractivity contribution in [3.05, 3.63) is 10.6 Å². The minimum Gasteiger partial charge on any atom is -0.481 e. The summed E-state index contributed by atoms with van der Waals surface area (Å²) >= 11 is 1.36. The first-order valence-corrected chi connectivity index (χ1v) is 8.58. The highest BCUT2D eigenvalue weighted by Gasteiger charge is 2.22. The Morgan fingerprint density at radius 2 is 2.15 bits per heavy atom. The molecule has 0 amide bonds. The average molecular weight is 319 g/mol. The van der Waals surface area contributed by atoms with Gasteiger partial charge in [-0.25, -0.2) is 9.71 Å². The van der Waals surface area contributed by atoms with E-state index in [0.717, 1.165) is 40.6 Å². The van der Waals surface area contributed by atoms with Gasteiger partial charge in [0.1, 0.15) is 0 Å². The third-order valence-corrected chi connectivity index (χ3v) is 5.77. The van der Waals surface area contributed by atoms with E-state index in [1.807, 2.05) is 0 Å². The summed E-state index contributed by atoms with van der Waals surface area (Å²) in [4.78, 5) is 15.9. The van der Waals surface area contributed by atoms with Gasteiger partial charge in [-0.2, -0.15) is 12.7 Å². The summed E-state index contributed by atoms with van der Waals surface area (Å²) < 4.78 is 27.4. The molecular formula is C11H17N3O4S2. The first-order valence-electron chi connectivity index (χ1n) is 6.33. The van der Waals surface area contributed by atoms with Crippen LogP contribution in [0.15, 0.2) is 0 Å². The molecule has 0 aliphatic heterocycles. The van der Waals surface area contributed by atoms with Crippen LogP contribution in [0.3, 0.4) is 0 Å². The smallest absolute Gasteiger partial charge is 0.304 e. The van der Waals surface area contributed by atoms with Crippen LogP contribution in [0.4, 0.5) is 5.13 Å². The molecule has 0 spiro atoms. The Labute approximate surface area is 121 Å². The number of nitrogens with one attached hydrogen (secondary N) is 1. The Morgan fingerprint density at radius 3 is 2.80 bits per heavy atom. The molecule has 0 saturated carbocycles. The van der Waals surface area contributed by atoms with Crippen molar-refractivity contribution in [3.63, 3.8) is 0 Å². The molecular weight excluding hydrogens is 302 g/mol. The first-order chi connectivity index (χ1) is 9.38. The number of nitrogens with zero attached hydrogens (tertiary/aromatic N) is 2. The van der Waals surface area contributed by atoms with Crippen molar-refractivity contribution in [2.45, 2.75) is 32.1 Å². The zero-order valence-electron chi connectivity index (χ0n) is 11.1. The molecule has 0 fully saturated rings. The van der Waals surface area contributed by atoms with Gasteiger partial charge in [0.15, 0.2) is 5.13 Å². The van der Waals surface area contributed by atoms with Gasteiger partial charge in [-0.1, -0.05) is 0 Å². The molecule has 0 radical (unpaired) electrons. The van der Waals surface area contributed by atoms with Crippen molar-refractivity contribution in [2.75, 3.05) is 18.3 Å². The summed E-state index contributed by atoms with van der Waals surface area (Å²) in [5.41, 5.74) is 0.979. The van der Waals surface area contributed by atoms with Gasteiger partial charge in [0.2, 0.25) is 0 Å². The molecule has 1 aliphatic rings. The third-order valence-electron chi connectivity index (χ3n) is 3.11. The van der Waals surface area contributed by atoms with Crippen LogP contribution in [0.1, 0.15) is 29.8 Å². The molecule has 9 heteroatoms. The normalized spacial score (nSPS) is 15.1. The van der Waals surface area contributed by atoms with Crippen molar-refractivity contribution < 1.29 is 18.3 Å². The molecule has 1 aromatic rings. The van der Waals surface area contributed by atoms with Crippen molar-refractivity contribution in [1.29, 1.82) is 0 Å². The second-order valence-electron chi connectivity index (χ2n) is 4.67. The summed E-state index contributed by atoms with van der Waals surface area (Å²) in [6.45, 7) is -0.0737. The lowest BCUT2D eigenvalue weighted by Gasteiger charge is -2.15. The van der Waals surface area contributed by atoms with Crippen molar-refractivity contribution in [1.82, 2.24) is 9.29 Å². The van der Waals surface area contributed by atoms with Gasteiger partial charge in [0, 0.05) is 18.5 Å². The molecule has 1 aliphatic carbocycles. The van der Waals surface area contributed by atoms with Crippen LogP contribution in [0.25, 0.3) is 0 Å². The maximum absolute atomic E-state index is 12.0. The minimum atomic E-state index is -3.74. The topological polar surface area (TPSA) is 99.6 Å². The molecule has 112 valence electrons. The lowest BCUT2D eigenvalue weighted by atomic mass is 10.0. The van der Waals surface area contributed by atoms with Crippen molar-refractivity contribution >= 4 is 32.6 Å². The number of carboxylic acids is 1.